The molecule has 1 aliphatic heterocycles. The van der Waals surface area contributed by atoms with Gasteiger partial charge in [-0.15, -0.1) is 24.0 Å². The normalized spacial score (nSPS) is 17.3. The lowest BCUT2D eigenvalue weighted by molar-refractivity contribution is 0.297. The highest BCUT2D eigenvalue weighted by Crippen LogP contribution is 2.32. The van der Waals surface area contributed by atoms with Gasteiger partial charge in [0.1, 0.15) is 0 Å². The first-order chi connectivity index (χ1) is 11.3. The third kappa shape index (κ3) is 5.58. The van der Waals surface area contributed by atoms with Crippen LogP contribution >= 0.6 is 24.0 Å². The van der Waals surface area contributed by atoms with Crippen LogP contribution in [0.1, 0.15) is 38.5 Å². The van der Waals surface area contributed by atoms with Gasteiger partial charge in [0.25, 0.3) is 0 Å². The van der Waals surface area contributed by atoms with E-state index in [2.05, 4.69) is 16.4 Å². The SMILES string of the molecule is I.NC(=NCCC1=CCCCC1)Nc1ccc2c(c1)OCCCO2. The third-order valence-electron chi connectivity index (χ3n) is 4.12. The first-order valence-electron chi connectivity index (χ1n) is 8.46. The van der Waals surface area contributed by atoms with Crippen LogP contribution in [0.5, 0.6) is 11.5 Å². The summed E-state index contributed by atoms with van der Waals surface area (Å²) in [6.45, 7) is 2.10. The lowest BCUT2D eigenvalue weighted by atomic mass is 9.97. The van der Waals surface area contributed by atoms with Crippen molar-refractivity contribution in [3.63, 3.8) is 0 Å². The van der Waals surface area contributed by atoms with Crippen molar-refractivity contribution >= 4 is 35.6 Å². The van der Waals surface area contributed by atoms with E-state index in [0.29, 0.717) is 19.2 Å². The van der Waals surface area contributed by atoms with Gasteiger partial charge < -0.3 is 20.5 Å². The number of nitrogens with two attached hydrogens (primary N) is 1. The summed E-state index contributed by atoms with van der Waals surface area (Å²) in [6, 6.07) is 5.75. The summed E-state index contributed by atoms with van der Waals surface area (Å²) < 4.78 is 11.3. The molecule has 0 amide bonds. The van der Waals surface area contributed by atoms with E-state index in [1.54, 1.807) is 0 Å². The minimum Gasteiger partial charge on any atom is -0.490 e. The summed E-state index contributed by atoms with van der Waals surface area (Å²) in [5.41, 5.74) is 8.36. The first kappa shape index (κ1) is 18.9. The Hall–Kier alpha value is -1.44. The molecule has 0 saturated heterocycles. The first-order valence-corrected chi connectivity index (χ1v) is 8.46. The van der Waals surface area contributed by atoms with Gasteiger partial charge in [0.05, 0.1) is 13.2 Å². The number of anilines is 1. The quantitative estimate of drug-likeness (QED) is 0.319. The van der Waals surface area contributed by atoms with Crippen molar-refractivity contribution in [1.29, 1.82) is 0 Å². The van der Waals surface area contributed by atoms with Crippen LogP contribution in [0.25, 0.3) is 0 Å². The van der Waals surface area contributed by atoms with Crippen LogP contribution < -0.4 is 20.5 Å². The molecule has 1 aromatic carbocycles. The molecule has 1 aromatic rings. The molecule has 3 N–H and O–H groups in total. The number of hydrogen-bond donors (Lipinski definition) is 2. The molecule has 0 atom stereocenters. The summed E-state index contributed by atoms with van der Waals surface area (Å²) in [6.07, 6.45) is 9.31. The molecule has 0 unspecified atom stereocenters. The molecule has 1 aliphatic carbocycles. The molecule has 0 spiro atoms. The highest BCUT2D eigenvalue weighted by molar-refractivity contribution is 14.0. The van der Waals surface area contributed by atoms with Crippen molar-refractivity contribution in [3.05, 3.63) is 29.8 Å². The Morgan fingerprint density at radius 2 is 1.96 bits per heavy atom. The van der Waals surface area contributed by atoms with E-state index in [1.165, 1.54) is 31.3 Å². The van der Waals surface area contributed by atoms with Crippen molar-refractivity contribution in [2.45, 2.75) is 38.5 Å². The fourth-order valence-electron chi connectivity index (χ4n) is 2.88. The molecule has 6 heteroatoms. The van der Waals surface area contributed by atoms with E-state index >= 15 is 0 Å². The van der Waals surface area contributed by atoms with E-state index < -0.39 is 0 Å². The van der Waals surface area contributed by atoms with Crippen molar-refractivity contribution in [2.24, 2.45) is 10.7 Å². The van der Waals surface area contributed by atoms with Gasteiger partial charge in [0.15, 0.2) is 17.5 Å². The van der Waals surface area contributed by atoms with E-state index in [0.717, 1.165) is 36.6 Å². The fourth-order valence-corrected chi connectivity index (χ4v) is 2.88. The monoisotopic (exact) mass is 443 g/mol. The van der Waals surface area contributed by atoms with Gasteiger partial charge in [-0.3, -0.25) is 4.99 Å². The molecule has 5 nitrogen and oxygen atoms in total. The van der Waals surface area contributed by atoms with Crippen LogP contribution in [0.15, 0.2) is 34.8 Å². The van der Waals surface area contributed by atoms with Crippen molar-refractivity contribution in [1.82, 2.24) is 0 Å². The van der Waals surface area contributed by atoms with Crippen LogP contribution in [0, 0.1) is 0 Å². The van der Waals surface area contributed by atoms with E-state index in [-0.39, 0.29) is 24.0 Å². The molecule has 0 aromatic heterocycles. The van der Waals surface area contributed by atoms with Crippen LogP contribution in [-0.2, 0) is 0 Å². The number of nitrogens with zero attached hydrogens (tertiary/aromatic N) is 1. The van der Waals surface area contributed by atoms with Crippen molar-refractivity contribution < 1.29 is 9.47 Å². The molecule has 0 radical (unpaired) electrons. The number of hydrogen-bond acceptors (Lipinski definition) is 3. The number of aliphatic imine (C=N–C) groups is 1. The average Bonchev–Trinajstić information content (AvgIpc) is 2.81. The van der Waals surface area contributed by atoms with E-state index in [9.17, 15) is 0 Å². The molecule has 0 saturated carbocycles. The second-order valence-electron chi connectivity index (χ2n) is 5.96. The minimum atomic E-state index is 0. The minimum absolute atomic E-state index is 0. The molecule has 132 valence electrons. The average molecular weight is 443 g/mol. The van der Waals surface area contributed by atoms with Gasteiger partial charge in [-0.05, 0) is 44.2 Å². The van der Waals surface area contributed by atoms with Gasteiger partial charge in [-0.25, -0.2) is 0 Å². The van der Waals surface area contributed by atoms with Crippen molar-refractivity contribution in [3.8, 4) is 11.5 Å². The zero-order chi connectivity index (χ0) is 15.9. The molecule has 1 heterocycles. The number of rotatable bonds is 4. The predicted octanol–water partition coefficient (Wildman–Crippen LogP) is 4.08. The smallest absolute Gasteiger partial charge is 0.193 e. The molecular formula is C18H26IN3O2. The van der Waals surface area contributed by atoms with Gasteiger partial charge >= 0.3 is 0 Å². The Kier molecular flexibility index (Phi) is 7.68. The Labute approximate surface area is 160 Å². The Balaban J connectivity index is 0.00000208. The topological polar surface area (TPSA) is 68.9 Å². The Morgan fingerprint density at radius 3 is 2.75 bits per heavy atom. The summed E-state index contributed by atoms with van der Waals surface area (Å²) in [5, 5.41) is 3.12. The molecule has 0 bridgehead atoms. The predicted molar refractivity (Wildman–Crippen MR) is 109 cm³/mol. The molecular weight excluding hydrogens is 417 g/mol. The molecule has 2 aliphatic rings. The zero-order valence-electron chi connectivity index (χ0n) is 13.9. The molecule has 0 fully saturated rings. The number of halogens is 1. The second kappa shape index (κ2) is 9.76. The third-order valence-corrected chi connectivity index (χ3v) is 4.12. The standard InChI is InChI=1S/C18H25N3O2.HI/c19-18(20-10-9-14-5-2-1-3-6-14)21-15-7-8-16-17(13-15)23-12-4-11-22-16;/h5,7-8,13H,1-4,6,9-12H2,(H3,19,20,21);1H. The number of fused-ring (bicyclic) bond motifs is 1. The van der Waals surface area contributed by atoms with Crippen molar-refractivity contribution in [2.75, 3.05) is 25.1 Å². The van der Waals surface area contributed by atoms with Crippen LogP contribution in [-0.4, -0.2) is 25.7 Å². The van der Waals surface area contributed by atoms with E-state index in [4.69, 9.17) is 15.2 Å². The summed E-state index contributed by atoms with van der Waals surface area (Å²) in [7, 11) is 0. The van der Waals surface area contributed by atoms with Crippen LogP contribution in [0.3, 0.4) is 0 Å². The number of nitrogens with one attached hydrogen (secondary N) is 1. The summed E-state index contributed by atoms with van der Waals surface area (Å²) in [4.78, 5) is 4.41. The lowest BCUT2D eigenvalue weighted by Gasteiger charge is -2.12. The number of benzene rings is 1. The zero-order valence-corrected chi connectivity index (χ0v) is 16.3. The highest BCUT2D eigenvalue weighted by atomic mass is 127. The van der Waals surface area contributed by atoms with Gasteiger partial charge in [-0.1, -0.05) is 11.6 Å². The maximum Gasteiger partial charge on any atom is 0.193 e. The van der Waals surface area contributed by atoms with Gasteiger partial charge in [0.2, 0.25) is 0 Å². The Bertz CT molecular complexity index is 602. The number of allylic oxidation sites excluding steroid dienone is 1. The lowest BCUT2D eigenvalue weighted by Crippen LogP contribution is -2.23. The second-order valence-corrected chi connectivity index (χ2v) is 5.96. The number of guanidine groups is 1. The Morgan fingerprint density at radius 1 is 1.12 bits per heavy atom. The molecule has 3 rings (SSSR count). The van der Waals surface area contributed by atoms with Crippen LogP contribution in [0.2, 0.25) is 0 Å². The summed E-state index contributed by atoms with van der Waals surface area (Å²) in [5.74, 6) is 1.98. The maximum atomic E-state index is 5.98. The highest BCUT2D eigenvalue weighted by Gasteiger charge is 2.11. The number of ether oxygens (including phenoxy) is 2. The van der Waals surface area contributed by atoms with Gasteiger partial charge in [0, 0.05) is 24.7 Å². The molecule has 24 heavy (non-hydrogen) atoms. The largest absolute Gasteiger partial charge is 0.490 e. The maximum absolute atomic E-state index is 5.98. The summed E-state index contributed by atoms with van der Waals surface area (Å²) >= 11 is 0. The van der Waals surface area contributed by atoms with E-state index in [1.807, 2.05) is 18.2 Å². The van der Waals surface area contributed by atoms with Gasteiger partial charge in [-0.2, -0.15) is 0 Å². The van der Waals surface area contributed by atoms with Crippen LogP contribution in [0.4, 0.5) is 5.69 Å². The fraction of sp³-hybridized carbons (Fsp3) is 0.500.